The van der Waals surface area contributed by atoms with Gasteiger partial charge >= 0.3 is 0 Å². The second-order valence-corrected chi connectivity index (χ2v) is 3.08. The first-order valence-corrected chi connectivity index (χ1v) is 4.30. The molecule has 15 heavy (non-hydrogen) atoms. The monoisotopic (exact) mass is 207 g/mol. The van der Waals surface area contributed by atoms with Crippen molar-refractivity contribution in [1.82, 2.24) is 19.6 Å². The van der Waals surface area contributed by atoms with Gasteiger partial charge in [-0.2, -0.15) is 4.52 Å². The Labute approximate surface area is 84.1 Å². The van der Waals surface area contributed by atoms with E-state index in [1.54, 1.807) is 6.92 Å². The van der Waals surface area contributed by atoms with Gasteiger partial charge in [0.25, 0.3) is 11.3 Å². The average Bonchev–Trinajstić information content (AvgIpc) is 2.59. The maximum Gasteiger partial charge on any atom is 0.298 e. The Bertz CT molecular complexity index is 582. The van der Waals surface area contributed by atoms with Gasteiger partial charge in [0.1, 0.15) is 12.0 Å². The predicted molar refractivity (Wildman–Crippen MR) is 52.6 cm³/mol. The molecule has 0 saturated heterocycles. The summed E-state index contributed by atoms with van der Waals surface area (Å²) >= 11 is 0. The van der Waals surface area contributed by atoms with Gasteiger partial charge in [-0.3, -0.25) is 14.7 Å². The topological polar surface area (TPSA) is 92.2 Å². The summed E-state index contributed by atoms with van der Waals surface area (Å²) in [5.41, 5.74) is 0.247. The number of hydrogen-bond acceptors (Lipinski definition) is 4. The van der Waals surface area contributed by atoms with Crippen molar-refractivity contribution in [2.24, 2.45) is 0 Å². The molecule has 78 valence electrons. The zero-order valence-electron chi connectivity index (χ0n) is 8.24. The molecule has 2 N–H and O–H groups in total. The number of hydrogen-bond donors (Lipinski definition) is 2. The first-order chi connectivity index (χ1) is 7.09. The molecule has 7 heteroatoms. The van der Waals surface area contributed by atoms with E-state index < -0.39 is 0 Å². The summed E-state index contributed by atoms with van der Waals surface area (Å²) < 4.78 is 1.16. The number of H-pyrrole nitrogens is 1. The summed E-state index contributed by atoms with van der Waals surface area (Å²) in [5, 5.41) is 5.05. The van der Waals surface area contributed by atoms with Crippen LogP contribution in [0.3, 0.4) is 0 Å². The SMILES string of the molecule is CC(=O)Nc1c(C)nc2nc[nH]n2c1=O. The number of amides is 1. The van der Waals surface area contributed by atoms with Crippen molar-refractivity contribution in [1.29, 1.82) is 0 Å². The smallest absolute Gasteiger partial charge is 0.298 e. The highest BCUT2D eigenvalue weighted by Gasteiger charge is 2.11. The minimum atomic E-state index is -0.370. The van der Waals surface area contributed by atoms with Crippen LogP contribution in [0.5, 0.6) is 0 Å². The second-order valence-electron chi connectivity index (χ2n) is 3.08. The molecular formula is C8H9N5O2. The zero-order valence-corrected chi connectivity index (χ0v) is 8.24. The van der Waals surface area contributed by atoms with Crippen LogP contribution in [0.25, 0.3) is 5.78 Å². The van der Waals surface area contributed by atoms with E-state index in [9.17, 15) is 9.59 Å². The first kappa shape index (κ1) is 9.38. The molecule has 1 amide bonds. The number of aromatic nitrogens is 4. The van der Waals surface area contributed by atoms with Gasteiger partial charge < -0.3 is 5.32 Å². The lowest BCUT2D eigenvalue weighted by Crippen LogP contribution is -2.23. The molecule has 0 saturated carbocycles. The fourth-order valence-electron chi connectivity index (χ4n) is 1.28. The minimum absolute atomic E-state index is 0.171. The summed E-state index contributed by atoms with van der Waals surface area (Å²) in [7, 11) is 0. The quantitative estimate of drug-likeness (QED) is 0.670. The molecule has 0 unspecified atom stereocenters. The van der Waals surface area contributed by atoms with Crippen LogP contribution in [0.4, 0.5) is 5.69 Å². The highest BCUT2D eigenvalue weighted by atomic mass is 16.2. The Kier molecular flexibility index (Phi) is 2.00. The number of aryl methyl sites for hydroxylation is 1. The van der Waals surface area contributed by atoms with Crippen LogP contribution < -0.4 is 10.9 Å². The standard InChI is InChI=1S/C8H9N5O2/c1-4-6(12-5(2)14)7(15)13-8(11-4)9-3-10-13/h3H,1-2H3,(H,12,14)(H,9,10,11). The fraction of sp³-hybridized carbons (Fsp3) is 0.250. The van der Waals surface area contributed by atoms with Gasteiger partial charge in [-0.15, -0.1) is 0 Å². The van der Waals surface area contributed by atoms with Crippen LogP contribution >= 0.6 is 0 Å². The van der Waals surface area contributed by atoms with E-state index in [1.807, 2.05) is 0 Å². The van der Waals surface area contributed by atoms with Crippen LogP contribution in [-0.2, 0) is 4.79 Å². The number of aromatic amines is 1. The zero-order chi connectivity index (χ0) is 11.0. The number of nitrogens with one attached hydrogen (secondary N) is 2. The van der Waals surface area contributed by atoms with Gasteiger partial charge in [-0.05, 0) is 6.92 Å². The molecular weight excluding hydrogens is 198 g/mol. The molecule has 0 aliphatic carbocycles. The summed E-state index contributed by atoms with van der Waals surface area (Å²) in [6, 6.07) is 0. The number of rotatable bonds is 1. The fourth-order valence-corrected chi connectivity index (χ4v) is 1.28. The van der Waals surface area contributed by atoms with Crippen LogP contribution in [0, 0.1) is 6.92 Å². The molecule has 0 spiro atoms. The third-order valence-electron chi connectivity index (χ3n) is 1.91. The Morgan fingerprint density at radius 3 is 3.00 bits per heavy atom. The summed E-state index contributed by atoms with van der Waals surface area (Å²) in [6.07, 6.45) is 1.36. The van der Waals surface area contributed by atoms with E-state index in [0.29, 0.717) is 5.69 Å². The van der Waals surface area contributed by atoms with Gasteiger partial charge in [0.05, 0.1) is 5.69 Å². The molecule has 2 aromatic heterocycles. The maximum atomic E-state index is 11.8. The molecule has 2 heterocycles. The summed E-state index contributed by atoms with van der Waals surface area (Å²) in [4.78, 5) is 30.6. The van der Waals surface area contributed by atoms with Gasteiger partial charge in [-0.25, -0.2) is 9.97 Å². The van der Waals surface area contributed by atoms with E-state index in [2.05, 4.69) is 20.4 Å². The van der Waals surface area contributed by atoms with Crippen LogP contribution in [0.2, 0.25) is 0 Å². The minimum Gasteiger partial charge on any atom is -0.320 e. The van der Waals surface area contributed by atoms with Gasteiger partial charge in [0, 0.05) is 6.92 Å². The van der Waals surface area contributed by atoms with Crippen molar-refractivity contribution >= 4 is 17.4 Å². The molecule has 0 aliphatic heterocycles. The number of fused-ring (bicyclic) bond motifs is 1. The Hall–Kier alpha value is -2.18. The van der Waals surface area contributed by atoms with Crippen molar-refractivity contribution in [3.63, 3.8) is 0 Å². The normalized spacial score (nSPS) is 10.5. The van der Waals surface area contributed by atoms with Crippen molar-refractivity contribution < 1.29 is 4.79 Å². The van der Waals surface area contributed by atoms with Gasteiger partial charge in [0.2, 0.25) is 5.91 Å². The molecule has 0 aromatic carbocycles. The summed E-state index contributed by atoms with van der Waals surface area (Å²) in [6.45, 7) is 2.97. The maximum absolute atomic E-state index is 11.8. The van der Waals surface area contributed by atoms with Gasteiger partial charge in [0.15, 0.2) is 0 Å². The van der Waals surface area contributed by atoms with Crippen molar-refractivity contribution in [2.75, 3.05) is 5.32 Å². The number of nitrogens with zero attached hydrogens (tertiary/aromatic N) is 3. The van der Waals surface area contributed by atoms with Crippen LogP contribution in [0.1, 0.15) is 12.6 Å². The number of anilines is 1. The Morgan fingerprint density at radius 2 is 2.33 bits per heavy atom. The lowest BCUT2D eigenvalue weighted by molar-refractivity contribution is -0.114. The van der Waals surface area contributed by atoms with E-state index in [0.717, 1.165) is 4.52 Å². The Morgan fingerprint density at radius 1 is 1.60 bits per heavy atom. The molecule has 0 radical (unpaired) electrons. The first-order valence-electron chi connectivity index (χ1n) is 4.30. The third kappa shape index (κ3) is 1.47. The molecule has 0 aliphatic rings. The van der Waals surface area contributed by atoms with Crippen molar-refractivity contribution in [2.45, 2.75) is 13.8 Å². The van der Waals surface area contributed by atoms with E-state index in [4.69, 9.17) is 0 Å². The van der Waals surface area contributed by atoms with E-state index >= 15 is 0 Å². The molecule has 0 fully saturated rings. The molecule has 0 bridgehead atoms. The molecule has 0 atom stereocenters. The average molecular weight is 207 g/mol. The highest BCUT2D eigenvalue weighted by molar-refractivity contribution is 5.89. The van der Waals surface area contributed by atoms with Crippen molar-refractivity contribution in [3.8, 4) is 0 Å². The largest absolute Gasteiger partial charge is 0.320 e. The van der Waals surface area contributed by atoms with E-state index in [1.165, 1.54) is 13.3 Å². The Balaban J connectivity index is 2.72. The lowest BCUT2D eigenvalue weighted by Gasteiger charge is -2.03. The van der Waals surface area contributed by atoms with Gasteiger partial charge in [-0.1, -0.05) is 0 Å². The highest BCUT2D eigenvalue weighted by Crippen LogP contribution is 2.05. The predicted octanol–water partition coefficient (Wildman–Crippen LogP) is -0.316. The van der Waals surface area contributed by atoms with E-state index in [-0.39, 0.29) is 22.9 Å². The number of carbonyl (C=O) groups is 1. The van der Waals surface area contributed by atoms with Crippen LogP contribution in [-0.4, -0.2) is 25.5 Å². The third-order valence-corrected chi connectivity index (χ3v) is 1.91. The number of carbonyl (C=O) groups excluding carboxylic acids is 1. The van der Waals surface area contributed by atoms with Crippen LogP contribution in [0.15, 0.2) is 11.1 Å². The molecule has 7 nitrogen and oxygen atoms in total. The molecule has 2 rings (SSSR count). The summed E-state index contributed by atoms with van der Waals surface area (Å²) in [5.74, 6) is -0.0249. The second kappa shape index (κ2) is 3.19. The lowest BCUT2D eigenvalue weighted by atomic mass is 10.3. The molecule has 2 aromatic rings. The van der Waals surface area contributed by atoms with Crippen molar-refractivity contribution in [3.05, 3.63) is 22.4 Å².